The number of benzene rings is 2. The Hall–Kier alpha value is -3.15. The molecule has 2 amide bonds. The summed E-state index contributed by atoms with van der Waals surface area (Å²) in [6, 6.07) is 13.5. The van der Waals surface area contributed by atoms with Crippen LogP contribution < -0.4 is 15.8 Å². The van der Waals surface area contributed by atoms with Crippen molar-refractivity contribution < 1.29 is 19.1 Å². The van der Waals surface area contributed by atoms with Crippen LogP contribution in [0.15, 0.2) is 48.5 Å². The van der Waals surface area contributed by atoms with Gasteiger partial charge in [0.25, 0.3) is 5.91 Å². The summed E-state index contributed by atoms with van der Waals surface area (Å²) >= 11 is 0. The molecule has 0 fully saturated rings. The van der Waals surface area contributed by atoms with Crippen LogP contribution in [0.1, 0.15) is 22.8 Å². The zero-order chi connectivity index (χ0) is 18.2. The van der Waals surface area contributed by atoms with Crippen molar-refractivity contribution in [2.24, 2.45) is 5.73 Å². The maximum atomic E-state index is 11.9. The summed E-state index contributed by atoms with van der Waals surface area (Å²) in [6.07, 6.45) is 1.90. The van der Waals surface area contributed by atoms with Gasteiger partial charge in [0.15, 0.2) is 0 Å². The lowest BCUT2D eigenvalue weighted by Crippen LogP contribution is -2.22. The minimum atomic E-state index is -0.992. The first-order chi connectivity index (χ1) is 12.0. The normalized spacial score (nSPS) is 10.1. The van der Waals surface area contributed by atoms with Crippen molar-refractivity contribution in [2.45, 2.75) is 13.3 Å². The quantitative estimate of drug-likeness (QED) is 0.568. The standard InChI is InChI=1S/C19H19N2O4/c1-2-25-16-10-8-15(9-11-16)21-17(22)12-5-13-3-6-14(7-4-13)18(23)19(20)24/h3-4,6-12H,2,5H2,1H3,(H2,20,24)(H,21,22). The predicted molar refractivity (Wildman–Crippen MR) is 94.2 cm³/mol. The zero-order valence-corrected chi connectivity index (χ0v) is 13.8. The van der Waals surface area contributed by atoms with Gasteiger partial charge >= 0.3 is 0 Å². The summed E-state index contributed by atoms with van der Waals surface area (Å²) in [6.45, 7) is 2.49. The van der Waals surface area contributed by atoms with Gasteiger partial charge in [-0.05, 0) is 43.2 Å². The Kier molecular flexibility index (Phi) is 6.28. The molecular weight excluding hydrogens is 320 g/mol. The molecule has 0 unspecified atom stereocenters. The van der Waals surface area contributed by atoms with Gasteiger partial charge in [-0.2, -0.15) is 0 Å². The van der Waals surface area contributed by atoms with Crippen LogP contribution >= 0.6 is 0 Å². The molecule has 0 aliphatic rings. The van der Waals surface area contributed by atoms with Gasteiger partial charge in [0.1, 0.15) is 5.75 Å². The van der Waals surface area contributed by atoms with E-state index in [9.17, 15) is 14.4 Å². The Morgan fingerprint density at radius 2 is 1.68 bits per heavy atom. The molecule has 25 heavy (non-hydrogen) atoms. The molecule has 0 heterocycles. The lowest BCUT2D eigenvalue weighted by Gasteiger charge is -2.07. The van der Waals surface area contributed by atoms with Crippen LogP contribution in [-0.2, 0) is 16.0 Å². The first-order valence-corrected chi connectivity index (χ1v) is 7.79. The maximum Gasteiger partial charge on any atom is 0.289 e. The third-order valence-electron chi connectivity index (χ3n) is 3.40. The predicted octanol–water partition coefficient (Wildman–Crippen LogP) is 2.14. The van der Waals surface area contributed by atoms with Gasteiger partial charge in [-0.25, -0.2) is 0 Å². The average molecular weight is 339 g/mol. The van der Waals surface area contributed by atoms with Gasteiger partial charge in [-0.3, -0.25) is 14.4 Å². The summed E-state index contributed by atoms with van der Waals surface area (Å²) in [5, 5.41) is 2.76. The fraction of sp³-hybridized carbons (Fsp3) is 0.158. The van der Waals surface area contributed by atoms with Crippen LogP contribution in [-0.4, -0.2) is 24.2 Å². The molecule has 0 saturated heterocycles. The summed E-state index contributed by atoms with van der Waals surface area (Å²) in [5.74, 6) is -1.21. The van der Waals surface area contributed by atoms with Crippen LogP contribution in [0, 0.1) is 6.42 Å². The third kappa shape index (κ3) is 5.46. The van der Waals surface area contributed by atoms with E-state index >= 15 is 0 Å². The lowest BCUT2D eigenvalue weighted by molar-refractivity contribution is -0.114. The highest BCUT2D eigenvalue weighted by molar-refractivity contribution is 6.42. The van der Waals surface area contributed by atoms with E-state index < -0.39 is 11.7 Å². The number of anilines is 1. The molecule has 0 spiro atoms. The number of nitrogens with two attached hydrogens (primary N) is 1. The van der Waals surface area contributed by atoms with Crippen molar-refractivity contribution in [1.82, 2.24) is 0 Å². The second kappa shape index (κ2) is 8.63. The van der Waals surface area contributed by atoms with Crippen molar-refractivity contribution in [3.63, 3.8) is 0 Å². The maximum absolute atomic E-state index is 11.9. The number of primary amides is 1. The van der Waals surface area contributed by atoms with E-state index in [0.717, 1.165) is 11.3 Å². The molecule has 2 aromatic rings. The number of rotatable bonds is 8. The molecule has 0 bridgehead atoms. The molecule has 2 aromatic carbocycles. The fourth-order valence-corrected chi connectivity index (χ4v) is 2.14. The van der Waals surface area contributed by atoms with Gasteiger partial charge < -0.3 is 15.8 Å². The fourth-order valence-electron chi connectivity index (χ4n) is 2.14. The molecule has 0 aliphatic carbocycles. The van der Waals surface area contributed by atoms with Gasteiger partial charge in [0.2, 0.25) is 11.7 Å². The number of carbonyl (C=O) groups excluding carboxylic acids is 3. The lowest BCUT2D eigenvalue weighted by atomic mass is 10.0. The Labute approximate surface area is 146 Å². The minimum absolute atomic E-state index is 0.232. The SMILES string of the molecule is CCOc1ccc(NC(=O)[CH]Cc2ccc(C(=O)C(N)=O)cc2)cc1. The van der Waals surface area contributed by atoms with Gasteiger partial charge in [-0.1, -0.05) is 24.3 Å². The average Bonchev–Trinajstić information content (AvgIpc) is 2.61. The zero-order valence-electron chi connectivity index (χ0n) is 13.8. The Morgan fingerprint density at radius 1 is 1.04 bits per heavy atom. The highest BCUT2D eigenvalue weighted by atomic mass is 16.5. The minimum Gasteiger partial charge on any atom is -0.494 e. The Balaban J connectivity index is 1.85. The van der Waals surface area contributed by atoms with Crippen molar-refractivity contribution in [3.8, 4) is 5.75 Å². The van der Waals surface area contributed by atoms with Crippen molar-refractivity contribution in [2.75, 3.05) is 11.9 Å². The van der Waals surface area contributed by atoms with Gasteiger partial charge in [-0.15, -0.1) is 0 Å². The highest BCUT2D eigenvalue weighted by Crippen LogP contribution is 2.16. The van der Waals surface area contributed by atoms with E-state index in [1.165, 1.54) is 18.6 Å². The van der Waals surface area contributed by atoms with Gasteiger partial charge in [0.05, 0.1) is 13.0 Å². The summed E-state index contributed by atoms with van der Waals surface area (Å²) in [5.41, 5.74) is 6.69. The molecule has 6 heteroatoms. The second-order valence-electron chi connectivity index (χ2n) is 5.25. The Morgan fingerprint density at radius 3 is 2.24 bits per heavy atom. The highest BCUT2D eigenvalue weighted by Gasteiger charge is 2.12. The smallest absolute Gasteiger partial charge is 0.289 e. The number of amides is 2. The number of hydrogen-bond acceptors (Lipinski definition) is 4. The molecule has 1 radical (unpaired) electrons. The van der Waals surface area contributed by atoms with Crippen molar-refractivity contribution in [1.29, 1.82) is 0 Å². The molecule has 3 N–H and O–H groups in total. The van der Waals surface area contributed by atoms with Crippen molar-refractivity contribution >= 4 is 23.3 Å². The van der Waals surface area contributed by atoms with Crippen LogP contribution in [0.2, 0.25) is 0 Å². The third-order valence-corrected chi connectivity index (χ3v) is 3.40. The van der Waals surface area contributed by atoms with Crippen molar-refractivity contribution in [3.05, 3.63) is 66.1 Å². The molecule has 0 aliphatic heterocycles. The second-order valence-corrected chi connectivity index (χ2v) is 5.25. The largest absolute Gasteiger partial charge is 0.494 e. The molecule has 0 saturated carbocycles. The summed E-state index contributed by atoms with van der Waals surface area (Å²) in [4.78, 5) is 34.2. The topological polar surface area (TPSA) is 98.5 Å². The number of carbonyl (C=O) groups is 3. The van der Waals surface area contributed by atoms with Gasteiger partial charge in [0, 0.05) is 11.3 Å². The van der Waals surface area contributed by atoms with E-state index in [1.807, 2.05) is 6.92 Å². The Bertz CT molecular complexity index is 752. The number of nitrogens with one attached hydrogen (secondary N) is 1. The van der Waals surface area contributed by atoms with Crippen LogP contribution in [0.4, 0.5) is 5.69 Å². The van der Waals surface area contributed by atoms with E-state index in [2.05, 4.69) is 5.32 Å². The molecule has 0 aromatic heterocycles. The summed E-state index contributed by atoms with van der Waals surface area (Å²) < 4.78 is 5.34. The number of ketones is 1. The summed E-state index contributed by atoms with van der Waals surface area (Å²) in [7, 11) is 0. The van der Waals surface area contributed by atoms with E-state index in [1.54, 1.807) is 36.4 Å². The van der Waals surface area contributed by atoms with Crippen LogP contribution in [0.5, 0.6) is 5.75 Å². The van der Waals surface area contributed by atoms with Crippen LogP contribution in [0.25, 0.3) is 0 Å². The van der Waals surface area contributed by atoms with E-state index in [0.29, 0.717) is 18.7 Å². The first kappa shape index (κ1) is 18.2. The monoisotopic (exact) mass is 339 g/mol. The molecular formula is C19H19N2O4. The van der Waals surface area contributed by atoms with E-state index in [-0.39, 0.29) is 11.5 Å². The molecule has 2 rings (SSSR count). The van der Waals surface area contributed by atoms with E-state index in [4.69, 9.17) is 10.5 Å². The number of Topliss-reactive ketones (excluding diaryl/α,β-unsaturated/α-hetero) is 1. The molecule has 0 atom stereocenters. The van der Waals surface area contributed by atoms with Crippen LogP contribution in [0.3, 0.4) is 0 Å². The number of hydrogen-bond donors (Lipinski definition) is 2. The molecule has 129 valence electrons. The first-order valence-electron chi connectivity index (χ1n) is 7.79. The molecule has 6 nitrogen and oxygen atoms in total. The number of ether oxygens (including phenoxy) is 1.